The number of amides is 1. The highest BCUT2D eigenvalue weighted by molar-refractivity contribution is 9.10. The van der Waals surface area contributed by atoms with Crippen molar-refractivity contribution in [1.82, 2.24) is 5.43 Å². The molecule has 1 aromatic heterocycles. The lowest BCUT2D eigenvalue weighted by Crippen LogP contribution is -2.18. The summed E-state index contributed by atoms with van der Waals surface area (Å²) in [5.74, 6) is 0.116. The van der Waals surface area contributed by atoms with E-state index in [1.165, 1.54) is 54.7 Å². The Morgan fingerprint density at radius 2 is 1.59 bits per heavy atom. The molecule has 10 heteroatoms. The van der Waals surface area contributed by atoms with E-state index in [9.17, 15) is 17.6 Å². The van der Waals surface area contributed by atoms with E-state index in [1.54, 1.807) is 36.4 Å². The average Bonchev–Trinajstić information content (AvgIpc) is 3.29. The summed E-state index contributed by atoms with van der Waals surface area (Å²) in [6, 6.07) is 21.4. The molecule has 34 heavy (non-hydrogen) atoms. The van der Waals surface area contributed by atoms with Crippen molar-refractivity contribution in [2.75, 3.05) is 4.72 Å². The normalized spacial score (nSPS) is 11.5. The van der Waals surface area contributed by atoms with Crippen molar-refractivity contribution in [3.8, 4) is 11.3 Å². The maximum atomic E-state index is 13.0. The number of nitrogens with zero attached hydrogens (tertiary/aromatic N) is 1. The van der Waals surface area contributed by atoms with Gasteiger partial charge in [0, 0.05) is 21.3 Å². The first-order valence-electron chi connectivity index (χ1n) is 9.88. The highest BCUT2D eigenvalue weighted by Gasteiger charge is 2.14. The fraction of sp³-hybridized carbons (Fsp3) is 0. The van der Waals surface area contributed by atoms with Crippen molar-refractivity contribution in [2.24, 2.45) is 5.10 Å². The molecule has 0 atom stereocenters. The van der Waals surface area contributed by atoms with E-state index in [0.717, 1.165) is 4.47 Å². The van der Waals surface area contributed by atoms with E-state index in [0.29, 0.717) is 22.8 Å². The highest BCUT2D eigenvalue weighted by Crippen LogP contribution is 2.22. The second kappa shape index (κ2) is 10.0. The summed E-state index contributed by atoms with van der Waals surface area (Å²) in [6.07, 6.45) is 1.34. The Balaban J connectivity index is 1.35. The zero-order valence-electron chi connectivity index (χ0n) is 17.4. The molecule has 3 aromatic carbocycles. The summed E-state index contributed by atoms with van der Waals surface area (Å²) in [5, 5.41) is 3.87. The zero-order chi connectivity index (χ0) is 24.1. The molecule has 0 spiro atoms. The molecule has 0 fully saturated rings. The van der Waals surface area contributed by atoms with Gasteiger partial charge in [-0.3, -0.25) is 9.52 Å². The Bertz CT molecular complexity index is 1430. The van der Waals surface area contributed by atoms with Crippen LogP contribution in [0.15, 0.2) is 104 Å². The van der Waals surface area contributed by atoms with Crippen LogP contribution >= 0.6 is 15.9 Å². The van der Waals surface area contributed by atoms with Crippen LogP contribution in [0.4, 0.5) is 10.1 Å². The molecule has 0 saturated carbocycles. The number of benzene rings is 3. The lowest BCUT2D eigenvalue weighted by molar-refractivity contribution is 0.0955. The van der Waals surface area contributed by atoms with Crippen LogP contribution < -0.4 is 10.1 Å². The summed E-state index contributed by atoms with van der Waals surface area (Å²) in [5.41, 5.74) is 3.69. The molecule has 0 aliphatic rings. The highest BCUT2D eigenvalue weighted by atomic mass is 79.9. The minimum absolute atomic E-state index is 0.118. The van der Waals surface area contributed by atoms with Crippen LogP contribution in [0.5, 0.6) is 0 Å². The molecule has 2 N–H and O–H groups in total. The summed E-state index contributed by atoms with van der Waals surface area (Å²) in [6.45, 7) is 0. The topological polar surface area (TPSA) is 101 Å². The van der Waals surface area contributed by atoms with Gasteiger partial charge in [0.2, 0.25) is 0 Å². The van der Waals surface area contributed by atoms with E-state index < -0.39 is 15.9 Å². The molecular weight excluding hydrogens is 525 g/mol. The van der Waals surface area contributed by atoms with Crippen LogP contribution in [-0.4, -0.2) is 20.5 Å². The SMILES string of the molecule is O=C(NN=Cc1ccc(-c2ccc(F)cc2)o1)c1ccc(NS(=O)(=O)c2ccc(Br)cc2)cc1. The second-order valence-electron chi connectivity index (χ2n) is 7.04. The number of carbonyl (C=O) groups is 1. The maximum absolute atomic E-state index is 13.0. The largest absolute Gasteiger partial charge is 0.455 e. The number of hydrazone groups is 1. The smallest absolute Gasteiger partial charge is 0.271 e. The van der Waals surface area contributed by atoms with Crippen molar-refractivity contribution in [2.45, 2.75) is 4.90 Å². The lowest BCUT2D eigenvalue weighted by atomic mass is 10.2. The zero-order valence-corrected chi connectivity index (χ0v) is 19.8. The first-order valence-corrected chi connectivity index (χ1v) is 12.2. The summed E-state index contributed by atoms with van der Waals surface area (Å²) in [4.78, 5) is 12.4. The van der Waals surface area contributed by atoms with E-state index in [4.69, 9.17) is 4.42 Å². The number of rotatable bonds is 7. The van der Waals surface area contributed by atoms with Gasteiger partial charge in [0.25, 0.3) is 15.9 Å². The van der Waals surface area contributed by atoms with Gasteiger partial charge in [-0.2, -0.15) is 5.10 Å². The number of hydrogen-bond acceptors (Lipinski definition) is 5. The van der Waals surface area contributed by atoms with Crippen molar-refractivity contribution >= 4 is 43.8 Å². The van der Waals surface area contributed by atoms with E-state index in [1.807, 2.05) is 0 Å². The van der Waals surface area contributed by atoms with E-state index >= 15 is 0 Å². The molecule has 0 radical (unpaired) electrons. The Morgan fingerprint density at radius 1 is 0.912 bits per heavy atom. The monoisotopic (exact) mass is 541 g/mol. The van der Waals surface area contributed by atoms with Gasteiger partial charge in [-0.15, -0.1) is 0 Å². The molecule has 0 aliphatic carbocycles. The number of furan rings is 1. The molecule has 4 aromatic rings. The number of carbonyl (C=O) groups excluding carboxylic acids is 1. The Labute approximate surface area is 203 Å². The molecule has 1 heterocycles. The van der Waals surface area contributed by atoms with Gasteiger partial charge in [-0.1, -0.05) is 15.9 Å². The van der Waals surface area contributed by atoms with Crippen molar-refractivity contribution < 1.29 is 22.0 Å². The lowest BCUT2D eigenvalue weighted by Gasteiger charge is -2.08. The molecular formula is C24H17BrFN3O4S. The molecule has 0 aliphatic heterocycles. The van der Waals surface area contributed by atoms with Gasteiger partial charge in [0.1, 0.15) is 17.3 Å². The van der Waals surface area contributed by atoms with Gasteiger partial charge < -0.3 is 4.42 Å². The fourth-order valence-corrected chi connectivity index (χ4v) is 4.25. The van der Waals surface area contributed by atoms with Crippen LogP contribution in [0.2, 0.25) is 0 Å². The third-order valence-electron chi connectivity index (χ3n) is 4.64. The van der Waals surface area contributed by atoms with Gasteiger partial charge >= 0.3 is 0 Å². The first kappa shape index (κ1) is 23.4. The predicted octanol–water partition coefficient (Wildman–Crippen LogP) is 5.41. The van der Waals surface area contributed by atoms with Crippen LogP contribution in [-0.2, 0) is 10.0 Å². The quantitative estimate of drug-likeness (QED) is 0.241. The number of halogens is 2. The van der Waals surface area contributed by atoms with Crippen LogP contribution in [0.25, 0.3) is 11.3 Å². The number of hydrogen-bond donors (Lipinski definition) is 2. The number of nitrogens with one attached hydrogen (secondary N) is 2. The fourth-order valence-electron chi connectivity index (χ4n) is 2.93. The second-order valence-corrected chi connectivity index (χ2v) is 9.64. The van der Waals surface area contributed by atoms with E-state index in [2.05, 4.69) is 31.2 Å². The molecule has 0 bridgehead atoms. The Morgan fingerprint density at radius 3 is 2.26 bits per heavy atom. The summed E-state index contributed by atoms with van der Waals surface area (Å²) in [7, 11) is -3.75. The van der Waals surface area contributed by atoms with Crippen molar-refractivity contribution in [3.63, 3.8) is 0 Å². The minimum atomic E-state index is -3.75. The summed E-state index contributed by atoms with van der Waals surface area (Å²) >= 11 is 3.26. The molecule has 4 rings (SSSR count). The van der Waals surface area contributed by atoms with Crippen molar-refractivity contribution in [1.29, 1.82) is 0 Å². The summed E-state index contributed by atoms with van der Waals surface area (Å²) < 4.78 is 46.8. The minimum Gasteiger partial charge on any atom is -0.455 e. The van der Waals surface area contributed by atoms with Crippen LogP contribution in [0.3, 0.4) is 0 Å². The first-order chi connectivity index (χ1) is 16.3. The van der Waals surface area contributed by atoms with Crippen LogP contribution in [0, 0.1) is 5.82 Å². The third kappa shape index (κ3) is 5.77. The molecule has 0 saturated heterocycles. The van der Waals surface area contributed by atoms with E-state index in [-0.39, 0.29) is 16.3 Å². The Hall–Kier alpha value is -3.76. The van der Waals surface area contributed by atoms with Gasteiger partial charge in [-0.25, -0.2) is 18.2 Å². The number of anilines is 1. The number of sulfonamides is 1. The van der Waals surface area contributed by atoms with Gasteiger partial charge in [-0.05, 0) is 84.9 Å². The standard InChI is InChI=1S/C24H17BrFN3O4S/c25-18-5-12-22(13-6-18)34(31,32)29-20-9-3-17(4-10-20)24(30)28-27-15-21-11-14-23(33-21)16-1-7-19(26)8-2-16/h1-15,29H,(H,28,30). The third-order valence-corrected chi connectivity index (χ3v) is 6.56. The molecule has 0 unspecified atom stereocenters. The molecule has 1 amide bonds. The van der Waals surface area contributed by atoms with Gasteiger partial charge in [0.15, 0.2) is 0 Å². The van der Waals surface area contributed by atoms with Gasteiger partial charge in [0.05, 0.1) is 11.1 Å². The Kier molecular flexibility index (Phi) is 6.90. The molecule has 172 valence electrons. The average molecular weight is 542 g/mol. The maximum Gasteiger partial charge on any atom is 0.271 e. The van der Waals surface area contributed by atoms with Crippen molar-refractivity contribution in [3.05, 3.63) is 107 Å². The predicted molar refractivity (Wildman–Crippen MR) is 131 cm³/mol. The molecule has 7 nitrogen and oxygen atoms in total. The van der Waals surface area contributed by atoms with Crippen LogP contribution in [0.1, 0.15) is 16.1 Å².